The molecule has 0 aromatic heterocycles. The molecule has 3 N–H and O–H groups in total. The number of amides is 1. The summed E-state index contributed by atoms with van der Waals surface area (Å²) in [7, 11) is -3.82. The number of hydrogen-bond donors (Lipinski definition) is 3. The summed E-state index contributed by atoms with van der Waals surface area (Å²) in [5, 5.41) is 11.6. The number of nitrogens with zero attached hydrogens (tertiary/aromatic N) is 1. The van der Waals surface area contributed by atoms with Gasteiger partial charge < -0.3 is 10.4 Å². The molecule has 2 aliphatic heterocycles. The van der Waals surface area contributed by atoms with Crippen LogP contribution in [0.1, 0.15) is 25.7 Å². The summed E-state index contributed by atoms with van der Waals surface area (Å²) < 4.78 is 27.9. The molecule has 20 heavy (non-hydrogen) atoms. The zero-order valence-corrected chi connectivity index (χ0v) is 11.9. The maximum Gasteiger partial charge on any atom is 0.307 e. The lowest BCUT2D eigenvalue weighted by molar-refractivity contribution is -0.142. The Balaban J connectivity index is 2.02. The van der Waals surface area contributed by atoms with Crippen LogP contribution in [0, 0.1) is 5.92 Å². The minimum absolute atomic E-state index is 0.0427. The monoisotopic (exact) mass is 305 g/mol. The van der Waals surface area contributed by atoms with Crippen molar-refractivity contribution in [3.05, 3.63) is 0 Å². The fraction of sp³-hybridized carbons (Fsp3) is 0.818. The van der Waals surface area contributed by atoms with Crippen LogP contribution in [0.5, 0.6) is 0 Å². The summed E-state index contributed by atoms with van der Waals surface area (Å²) in [5.41, 5.74) is 0. The van der Waals surface area contributed by atoms with Crippen molar-refractivity contribution in [1.82, 2.24) is 14.3 Å². The first-order valence-electron chi connectivity index (χ1n) is 6.68. The molecule has 2 unspecified atom stereocenters. The third kappa shape index (κ3) is 3.47. The van der Waals surface area contributed by atoms with E-state index in [1.165, 1.54) is 0 Å². The lowest BCUT2D eigenvalue weighted by atomic mass is 10.0. The molecule has 0 saturated carbocycles. The molecule has 2 aliphatic rings. The summed E-state index contributed by atoms with van der Waals surface area (Å²) in [6.07, 6.45) is 2.16. The Bertz CT molecular complexity index is 492. The van der Waals surface area contributed by atoms with Gasteiger partial charge in [-0.05, 0) is 25.7 Å². The molecule has 0 radical (unpaired) electrons. The van der Waals surface area contributed by atoms with Crippen molar-refractivity contribution in [2.24, 2.45) is 5.92 Å². The van der Waals surface area contributed by atoms with Gasteiger partial charge in [0.05, 0.1) is 5.92 Å². The van der Waals surface area contributed by atoms with Crippen molar-refractivity contribution in [2.75, 3.05) is 19.6 Å². The summed E-state index contributed by atoms with van der Waals surface area (Å²) in [6.45, 7) is 0.800. The standard InChI is InChI=1S/C11H19N3O5S/c15-10-9(4-1-5-12-10)13-20(18,19)14-6-2-3-8(7-14)11(16)17/h8-9,13H,1-7H2,(H,12,15)(H,16,17). The largest absolute Gasteiger partial charge is 0.481 e. The Kier molecular flexibility index (Phi) is 4.61. The summed E-state index contributed by atoms with van der Waals surface area (Å²) in [5.74, 6) is -1.99. The smallest absolute Gasteiger partial charge is 0.307 e. The van der Waals surface area contributed by atoms with E-state index in [4.69, 9.17) is 5.11 Å². The Morgan fingerprint density at radius 2 is 2.10 bits per heavy atom. The van der Waals surface area contributed by atoms with Crippen molar-refractivity contribution in [1.29, 1.82) is 0 Å². The molecule has 0 aromatic carbocycles. The van der Waals surface area contributed by atoms with Crippen molar-refractivity contribution < 1.29 is 23.1 Å². The van der Waals surface area contributed by atoms with E-state index in [0.717, 1.165) is 10.7 Å². The lowest BCUT2D eigenvalue weighted by Crippen LogP contribution is -2.55. The first-order valence-corrected chi connectivity index (χ1v) is 8.12. The van der Waals surface area contributed by atoms with E-state index in [0.29, 0.717) is 25.8 Å². The van der Waals surface area contributed by atoms with Gasteiger partial charge in [0.2, 0.25) is 5.91 Å². The van der Waals surface area contributed by atoms with Gasteiger partial charge in [-0.25, -0.2) is 0 Å². The van der Waals surface area contributed by atoms with Crippen LogP contribution < -0.4 is 10.0 Å². The van der Waals surface area contributed by atoms with Gasteiger partial charge in [0.25, 0.3) is 10.2 Å². The van der Waals surface area contributed by atoms with Crippen LogP contribution in [-0.2, 0) is 19.8 Å². The molecule has 0 aromatic rings. The number of carbonyl (C=O) groups is 2. The highest BCUT2D eigenvalue weighted by Gasteiger charge is 2.35. The number of piperidine rings is 2. The Labute approximate surface area is 117 Å². The lowest BCUT2D eigenvalue weighted by Gasteiger charge is -2.32. The zero-order chi connectivity index (χ0) is 14.8. The Morgan fingerprint density at radius 3 is 2.75 bits per heavy atom. The second-order valence-corrected chi connectivity index (χ2v) is 6.85. The first-order chi connectivity index (χ1) is 9.40. The Hall–Kier alpha value is -1.19. The Morgan fingerprint density at radius 1 is 1.35 bits per heavy atom. The van der Waals surface area contributed by atoms with Crippen LogP contribution in [0.4, 0.5) is 0 Å². The number of carboxylic acid groups (broad SMARTS) is 1. The summed E-state index contributed by atoms with van der Waals surface area (Å²) in [4.78, 5) is 22.5. The normalized spacial score (nSPS) is 28.9. The van der Waals surface area contributed by atoms with Gasteiger partial charge in [0, 0.05) is 19.6 Å². The maximum absolute atomic E-state index is 12.2. The van der Waals surface area contributed by atoms with Crippen LogP contribution in [0.25, 0.3) is 0 Å². The van der Waals surface area contributed by atoms with Crippen molar-refractivity contribution in [2.45, 2.75) is 31.7 Å². The third-order valence-electron chi connectivity index (χ3n) is 3.65. The molecule has 2 saturated heterocycles. The van der Waals surface area contributed by atoms with E-state index in [9.17, 15) is 18.0 Å². The molecule has 2 rings (SSSR count). The van der Waals surface area contributed by atoms with E-state index >= 15 is 0 Å². The fourth-order valence-corrected chi connectivity index (χ4v) is 3.98. The number of carbonyl (C=O) groups excluding carboxylic acids is 1. The molecule has 2 heterocycles. The summed E-state index contributed by atoms with van der Waals surface area (Å²) in [6, 6.07) is -0.765. The molecular formula is C11H19N3O5S. The van der Waals surface area contributed by atoms with Gasteiger partial charge in [-0.15, -0.1) is 0 Å². The zero-order valence-electron chi connectivity index (χ0n) is 11.0. The quantitative estimate of drug-likeness (QED) is 0.609. The number of rotatable bonds is 4. The predicted octanol–water partition coefficient (Wildman–Crippen LogP) is -1.10. The van der Waals surface area contributed by atoms with Crippen LogP contribution in [0.2, 0.25) is 0 Å². The van der Waals surface area contributed by atoms with Gasteiger partial charge >= 0.3 is 5.97 Å². The van der Waals surface area contributed by atoms with E-state index in [-0.39, 0.29) is 19.0 Å². The highest BCUT2D eigenvalue weighted by atomic mass is 32.2. The molecule has 2 fully saturated rings. The fourth-order valence-electron chi connectivity index (χ4n) is 2.50. The average Bonchev–Trinajstić information content (AvgIpc) is 2.41. The number of hydrogen-bond acceptors (Lipinski definition) is 4. The minimum atomic E-state index is -3.82. The molecule has 0 bridgehead atoms. The van der Waals surface area contributed by atoms with Gasteiger partial charge in [0.1, 0.15) is 6.04 Å². The summed E-state index contributed by atoms with van der Waals surface area (Å²) >= 11 is 0. The van der Waals surface area contributed by atoms with E-state index in [1.807, 2.05) is 0 Å². The molecule has 2 atom stereocenters. The van der Waals surface area contributed by atoms with E-state index in [2.05, 4.69) is 10.0 Å². The van der Waals surface area contributed by atoms with Crippen LogP contribution in [0.3, 0.4) is 0 Å². The molecular weight excluding hydrogens is 286 g/mol. The minimum Gasteiger partial charge on any atom is -0.481 e. The van der Waals surface area contributed by atoms with Gasteiger partial charge in [0.15, 0.2) is 0 Å². The molecule has 1 amide bonds. The second-order valence-electron chi connectivity index (χ2n) is 5.14. The topological polar surface area (TPSA) is 116 Å². The number of carboxylic acids is 1. The number of nitrogens with one attached hydrogen (secondary N) is 2. The van der Waals surface area contributed by atoms with Crippen LogP contribution in [-0.4, -0.2) is 55.4 Å². The van der Waals surface area contributed by atoms with Gasteiger partial charge in [-0.2, -0.15) is 17.4 Å². The van der Waals surface area contributed by atoms with Gasteiger partial charge in [-0.1, -0.05) is 0 Å². The van der Waals surface area contributed by atoms with Crippen LogP contribution >= 0.6 is 0 Å². The highest BCUT2D eigenvalue weighted by Crippen LogP contribution is 2.19. The predicted molar refractivity (Wildman–Crippen MR) is 70.0 cm³/mol. The van der Waals surface area contributed by atoms with Crippen molar-refractivity contribution in [3.8, 4) is 0 Å². The first kappa shape index (κ1) is 15.2. The van der Waals surface area contributed by atoms with E-state index in [1.54, 1.807) is 0 Å². The second kappa shape index (κ2) is 6.06. The van der Waals surface area contributed by atoms with Crippen LogP contribution in [0.15, 0.2) is 0 Å². The van der Waals surface area contributed by atoms with E-state index < -0.39 is 28.1 Å². The third-order valence-corrected chi connectivity index (χ3v) is 5.24. The maximum atomic E-state index is 12.2. The van der Waals surface area contributed by atoms with Gasteiger partial charge in [-0.3, -0.25) is 9.59 Å². The van der Waals surface area contributed by atoms with Crippen molar-refractivity contribution in [3.63, 3.8) is 0 Å². The average molecular weight is 305 g/mol. The molecule has 114 valence electrons. The highest BCUT2D eigenvalue weighted by molar-refractivity contribution is 7.87. The number of aliphatic carboxylic acids is 1. The molecule has 9 heteroatoms. The molecule has 8 nitrogen and oxygen atoms in total. The molecule has 0 spiro atoms. The van der Waals surface area contributed by atoms with Crippen molar-refractivity contribution >= 4 is 22.1 Å². The SMILES string of the molecule is O=C(O)C1CCCN(S(=O)(=O)NC2CCCNC2=O)C1. The molecule has 0 aliphatic carbocycles.